The van der Waals surface area contributed by atoms with Crippen LogP contribution >= 0.6 is 0 Å². The number of ether oxygens (including phenoxy) is 3. The van der Waals surface area contributed by atoms with Crippen LogP contribution in [0.2, 0.25) is 0 Å². The van der Waals surface area contributed by atoms with Crippen molar-refractivity contribution >= 4 is 0 Å². The van der Waals surface area contributed by atoms with Gasteiger partial charge in [-0.3, -0.25) is 0 Å². The van der Waals surface area contributed by atoms with Gasteiger partial charge in [-0.1, -0.05) is 18.2 Å². The van der Waals surface area contributed by atoms with E-state index in [9.17, 15) is 0 Å². The lowest BCUT2D eigenvalue weighted by molar-refractivity contribution is -0.0686. The highest BCUT2D eigenvalue weighted by atomic mass is 16.7. The molecule has 1 aromatic carbocycles. The molecule has 0 aromatic heterocycles. The van der Waals surface area contributed by atoms with E-state index in [2.05, 4.69) is 0 Å². The van der Waals surface area contributed by atoms with E-state index >= 15 is 0 Å². The minimum Gasteiger partial charge on any atom is -0.496 e. The summed E-state index contributed by atoms with van der Waals surface area (Å²) in [6.45, 7) is 0.394. The molecule has 1 aromatic rings. The van der Waals surface area contributed by atoms with Gasteiger partial charge in [-0.05, 0) is 6.07 Å². The summed E-state index contributed by atoms with van der Waals surface area (Å²) >= 11 is 0. The summed E-state index contributed by atoms with van der Waals surface area (Å²) in [5.41, 5.74) is 0.857. The number of hydrogen-bond acceptors (Lipinski definition) is 4. The molecule has 0 bridgehead atoms. The lowest BCUT2D eigenvalue weighted by Crippen LogP contribution is -2.14. The molecule has 2 rings (SSSR count). The van der Waals surface area contributed by atoms with Crippen LogP contribution in [0.1, 0.15) is 11.9 Å². The lowest BCUT2D eigenvalue weighted by Gasteiger charge is -2.13. The smallest absolute Gasteiger partial charge is 0.188 e. The fourth-order valence-electron chi connectivity index (χ4n) is 1.57. The van der Waals surface area contributed by atoms with Gasteiger partial charge in [0.1, 0.15) is 11.9 Å². The van der Waals surface area contributed by atoms with Gasteiger partial charge in [-0.2, -0.15) is 0 Å². The number of aliphatic hydroxyl groups excluding tert-OH is 1. The van der Waals surface area contributed by atoms with Crippen LogP contribution in [-0.4, -0.2) is 31.5 Å². The van der Waals surface area contributed by atoms with Crippen LogP contribution in [-0.2, 0) is 9.47 Å². The highest BCUT2D eigenvalue weighted by Crippen LogP contribution is 2.32. The fourth-order valence-corrected chi connectivity index (χ4v) is 1.57. The second kappa shape index (κ2) is 4.61. The first-order valence-electron chi connectivity index (χ1n) is 4.86. The van der Waals surface area contributed by atoms with Gasteiger partial charge in [0.2, 0.25) is 0 Å². The molecular weight excluding hydrogens is 196 g/mol. The molecule has 1 saturated heterocycles. The Morgan fingerprint density at radius 1 is 1.47 bits per heavy atom. The van der Waals surface area contributed by atoms with Gasteiger partial charge < -0.3 is 19.3 Å². The summed E-state index contributed by atoms with van der Waals surface area (Å²) < 4.78 is 16.1. The molecule has 2 atom stereocenters. The molecule has 15 heavy (non-hydrogen) atoms. The first-order chi connectivity index (χ1) is 7.35. The Kier molecular flexibility index (Phi) is 3.20. The third-order valence-corrected chi connectivity index (χ3v) is 2.35. The van der Waals surface area contributed by atoms with E-state index in [1.54, 1.807) is 7.11 Å². The van der Waals surface area contributed by atoms with E-state index in [0.717, 1.165) is 11.3 Å². The second-order valence-corrected chi connectivity index (χ2v) is 3.35. The van der Waals surface area contributed by atoms with E-state index in [1.165, 1.54) is 0 Å². The topological polar surface area (TPSA) is 47.9 Å². The van der Waals surface area contributed by atoms with E-state index < -0.39 is 6.29 Å². The van der Waals surface area contributed by atoms with Crippen LogP contribution in [0.4, 0.5) is 0 Å². The van der Waals surface area contributed by atoms with E-state index in [-0.39, 0.29) is 12.7 Å². The third-order valence-electron chi connectivity index (χ3n) is 2.35. The normalized spacial score (nSPS) is 25.5. The Hall–Kier alpha value is -1.10. The van der Waals surface area contributed by atoms with Gasteiger partial charge in [-0.15, -0.1) is 0 Å². The Morgan fingerprint density at radius 3 is 2.93 bits per heavy atom. The SMILES string of the molecule is COc1ccccc1C1OCC(CO)O1. The minimum atomic E-state index is -0.432. The number of methoxy groups -OCH3 is 1. The van der Waals surface area contributed by atoms with Crippen molar-refractivity contribution in [3.05, 3.63) is 29.8 Å². The summed E-state index contributed by atoms with van der Waals surface area (Å²) in [6, 6.07) is 7.54. The van der Waals surface area contributed by atoms with Crippen molar-refractivity contribution in [2.75, 3.05) is 20.3 Å². The highest BCUT2D eigenvalue weighted by molar-refractivity contribution is 5.34. The number of rotatable bonds is 3. The van der Waals surface area contributed by atoms with Crippen molar-refractivity contribution in [2.45, 2.75) is 12.4 Å². The molecule has 82 valence electrons. The molecule has 0 spiro atoms. The Morgan fingerprint density at radius 2 is 2.27 bits per heavy atom. The van der Waals surface area contributed by atoms with Crippen molar-refractivity contribution < 1.29 is 19.3 Å². The Balaban J connectivity index is 2.16. The molecule has 0 radical (unpaired) electrons. The molecule has 1 heterocycles. The first-order valence-corrected chi connectivity index (χ1v) is 4.86. The van der Waals surface area contributed by atoms with Gasteiger partial charge >= 0.3 is 0 Å². The third kappa shape index (κ3) is 2.12. The van der Waals surface area contributed by atoms with Gasteiger partial charge in [0.15, 0.2) is 6.29 Å². The average molecular weight is 210 g/mol. The van der Waals surface area contributed by atoms with Gasteiger partial charge in [0.05, 0.1) is 20.3 Å². The summed E-state index contributed by atoms with van der Waals surface area (Å²) in [4.78, 5) is 0. The zero-order valence-corrected chi connectivity index (χ0v) is 8.55. The Labute approximate surface area is 88.4 Å². The molecule has 1 aliphatic heterocycles. The molecule has 2 unspecified atom stereocenters. The summed E-state index contributed by atoms with van der Waals surface area (Å²) in [5, 5.41) is 8.92. The first kappa shape index (κ1) is 10.4. The van der Waals surface area contributed by atoms with E-state index in [4.69, 9.17) is 19.3 Å². The van der Waals surface area contributed by atoms with Crippen molar-refractivity contribution in [1.29, 1.82) is 0 Å². The largest absolute Gasteiger partial charge is 0.496 e. The zero-order valence-electron chi connectivity index (χ0n) is 8.55. The van der Waals surface area contributed by atoms with E-state index in [1.807, 2.05) is 24.3 Å². The molecule has 4 nitrogen and oxygen atoms in total. The molecule has 1 fully saturated rings. The van der Waals surface area contributed by atoms with Gasteiger partial charge in [0.25, 0.3) is 0 Å². The predicted octanol–water partition coefficient (Wildman–Crippen LogP) is 1.10. The predicted molar refractivity (Wildman–Crippen MR) is 53.6 cm³/mol. The van der Waals surface area contributed by atoms with Crippen LogP contribution < -0.4 is 4.74 Å². The van der Waals surface area contributed by atoms with Crippen molar-refractivity contribution in [3.8, 4) is 5.75 Å². The Bertz CT molecular complexity index is 326. The average Bonchev–Trinajstić information content (AvgIpc) is 2.77. The second-order valence-electron chi connectivity index (χ2n) is 3.35. The van der Waals surface area contributed by atoms with Crippen molar-refractivity contribution in [1.82, 2.24) is 0 Å². The minimum absolute atomic E-state index is 0.0222. The van der Waals surface area contributed by atoms with E-state index in [0.29, 0.717) is 6.61 Å². The van der Waals surface area contributed by atoms with Gasteiger partial charge in [-0.25, -0.2) is 0 Å². The monoisotopic (exact) mass is 210 g/mol. The number of hydrogen-bond donors (Lipinski definition) is 1. The van der Waals surface area contributed by atoms with Crippen LogP contribution in [0.3, 0.4) is 0 Å². The number of para-hydroxylation sites is 1. The molecule has 4 heteroatoms. The summed E-state index contributed by atoms with van der Waals surface area (Å²) in [7, 11) is 1.61. The molecule has 1 N–H and O–H groups in total. The van der Waals surface area contributed by atoms with Crippen LogP contribution in [0.25, 0.3) is 0 Å². The zero-order chi connectivity index (χ0) is 10.7. The quantitative estimate of drug-likeness (QED) is 0.811. The van der Waals surface area contributed by atoms with Crippen molar-refractivity contribution in [2.24, 2.45) is 0 Å². The molecule has 0 saturated carbocycles. The maximum Gasteiger partial charge on any atom is 0.188 e. The molecule has 0 amide bonds. The van der Waals surface area contributed by atoms with Crippen LogP contribution in [0, 0.1) is 0 Å². The summed E-state index contributed by atoms with van der Waals surface area (Å²) in [5.74, 6) is 0.737. The molecule has 0 aliphatic carbocycles. The highest BCUT2D eigenvalue weighted by Gasteiger charge is 2.28. The maximum absolute atomic E-state index is 8.92. The molecule has 1 aliphatic rings. The van der Waals surface area contributed by atoms with Crippen LogP contribution in [0.5, 0.6) is 5.75 Å². The van der Waals surface area contributed by atoms with Gasteiger partial charge in [0, 0.05) is 5.56 Å². The van der Waals surface area contributed by atoms with Crippen molar-refractivity contribution in [3.63, 3.8) is 0 Å². The lowest BCUT2D eigenvalue weighted by atomic mass is 10.2. The fraction of sp³-hybridized carbons (Fsp3) is 0.455. The maximum atomic E-state index is 8.92. The number of benzene rings is 1. The number of aliphatic hydroxyl groups is 1. The standard InChI is InChI=1S/C11H14O4/c1-13-10-5-3-2-4-9(10)11-14-7-8(6-12)15-11/h2-5,8,11-12H,6-7H2,1H3. The van der Waals surface area contributed by atoms with Crippen LogP contribution in [0.15, 0.2) is 24.3 Å². The summed E-state index contributed by atoms with van der Waals surface area (Å²) in [6.07, 6.45) is -0.668. The molecular formula is C11H14O4.